The third-order valence-corrected chi connectivity index (χ3v) is 2.62. The van der Waals surface area contributed by atoms with Gasteiger partial charge in [0.25, 0.3) is 0 Å². The topological polar surface area (TPSA) is 156 Å². The fraction of sp³-hybridized carbons (Fsp3) is 0.692. The number of esters is 1. The average Bonchev–Trinajstić information content (AvgIpc) is 2.78. The van der Waals surface area contributed by atoms with Crippen LogP contribution >= 0.6 is 0 Å². The molecule has 0 aromatic rings. The van der Waals surface area contributed by atoms with Crippen molar-refractivity contribution in [2.45, 2.75) is 44.9 Å². The number of hydrogen-bond acceptors (Lipinski definition) is 7. The summed E-state index contributed by atoms with van der Waals surface area (Å²) in [5.41, 5.74) is 5.16. The highest BCUT2D eigenvalue weighted by Crippen LogP contribution is 2.21. The number of carbonyl (C=O) groups excluding carboxylic acids is 2. The van der Waals surface area contributed by atoms with Crippen molar-refractivity contribution in [1.29, 1.82) is 0 Å². The number of nitrogens with zero attached hydrogens (tertiary/aromatic N) is 1. The summed E-state index contributed by atoms with van der Waals surface area (Å²) in [6.07, 6.45) is -0.118. The number of ether oxygens (including phenoxy) is 2. The van der Waals surface area contributed by atoms with Gasteiger partial charge in [-0.3, -0.25) is 4.90 Å². The van der Waals surface area contributed by atoms with E-state index in [1.54, 1.807) is 20.8 Å². The van der Waals surface area contributed by atoms with E-state index in [0.29, 0.717) is 13.0 Å². The van der Waals surface area contributed by atoms with Crippen LogP contribution < -0.4 is 5.73 Å². The summed E-state index contributed by atoms with van der Waals surface area (Å²) in [5, 5.41) is 14.8. The molecule has 23 heavy (non-hydrogen) atoms. The van der Waals surface area contributed by atoms with Crippen LogP contribution in [0.5, 0.6) is 0 Å². The molecule has 0 spiro atoms. The molecule has 0 saturated carbocycles. The molecular formula is C13H22N2O8. The number of carboxylic acids is 2. The van der Waals surface area contributed by atoms with Gasteiger partial charge in [0.15, 0.2) is 0 Å². The van der Waals surface area contributed by atoms with Gasteiger partial charge in [-0.2, -0.15) is 0 Å². The van der Waals surface area contributed by atoms with E-state index >= 15 is 0 Å². The SMILES string of the molecule is COC(=O)[C@H]1C[C@@H](N)CN1C(=O)OC(C)(C)C.O=C(O)C(=O)O. The number of likely N-dealkylation sites (tertiary alicyclic amines) is 1. The maximum absolute atomic E-state index is 11.9. The summed E-state index contributed by atoms with van der Waals surface area (Å²) < 4.78 is 9.87. The third-order valence-electron chi connectivity index (χ3n) is 2.62. The van der Waals surface area contributed by atoms with Crippen LogP contribution in [0.2, 0.25) is 0 Å². The Hall–Kier alpha value is -2.36. The molecule has 1 heterocycles. The number of carboxylic acid groups (broad SMARTS) is 2. The van der Waals surface area contributed by atoms with Gasteiger partial charge in [-0.05, 0) is 27.2 Å². The Morgan fingerprint density at radius 2 is 1.61 bits per heavy atom. The smallest absolute Gasteiger partial charge is 0.414 e. The molecule has 4 N–H and O–H groups in total. The molecule has 0 aliphatic carbocycles. The first-order valence-electron chi connectivity index (χ1n) is 6.68. The highest BCUT2D eigenvalue weighted by molar-refractivity contribution is 6.27. The van der Waals surface area contributed by atoms with E-state index in [1.807, 2.05) is 0 Å². The second-order valence-corrected chi connectivity index (χ2v) is 5.78. The van der Waals surface area contributed by atoms with Crippen molar-refractivity contribution < 1.29 is 38.9 Å². The van der Waals surface area contributed by atoms with Crippen molar-refractivity contribution in [3.05, 3.63) is 0 Å². The molecule has 132 valence electrons. The zero-order valence-electron chi connectivity index (χ0n) is 13.4. The van der Waals surface area contributed by atoms with Crippen LogP contribution in [0.1, 0.15) is 27.2 Å². The lowest BCUT2D eigenvalue weighted by Gasteiger charge is -2.27. The molecule has 1 amide bonds. The first kappa shape index (κ1) is 20.6. The van der Waals surface area contributed by atoms with Crippen LogP contribution in [0.25, 0.3) is 0 Å². The minimum Gasteiger partial charge on any atom is -0.473 e. The molecule has 2 atom stereocenters. The van der Waals surface area contributed by atoms with Crippen LogP contribution in [0.4, 0.5) is 4.79 Å². The Morgan fingerprint density at radius 1 is 1.13 bits per heavy atom. The standard InChI is InChI=1S/C11H20N2O4.C2H2O4/c1-11(2,3)17-10(15)13-6-7(12)5-8(13)9(14)16-4;3-1(4)2(5)6/h7-8H,5-6,12H2,1-4H3;(H,3,4)(H,5,6)/t7-,8-;/m1./s1. The molecule has 0 radical (unpaired) electrons. The minimum atomic E-state index is -1.82. The molecule has 1 aliphatic rings. The molecule has 1 aliphatic heterocycles. The predicted octanol–water partition coefficient (Wildman–Crippen LogP) is -0.348. The summed E-state index contributed by atoms with van der Waals surface area (Å²) in [6.45, 7) is 5.63. The zero-order chi connectivity index (χ0) is 18.4. The van der Waals surface area contributed by atoms with Gasteiger partial charge in [0.2, 0.25) is 0 Å². The van der Waals surface area contributed by atoms with Crippen LogP contribution in [0, 0.1) is 0 Å². The third kappa shape index (κ3) is 7.45. The number of amides is 1. The molecule has 10 nitrogen and oxygen atoms in total. The monoisotopic (exact) mass is 334 g/mol. The summed E-state index contributed by atoms with van der Waals surface area (Å²) >= 11 is 0. The van der Waals surface area contributed by atoms with Crippen molar-refractivity contribution in [2.24, 2.45) is 5.73 Å². The number of methoxy groups -OCH3 is 1. The fourth-order valence-corrected chi connectivity index (χ4v) is 1.75. The highest BCUT2D eigenvalue weighted by Gasteiger charge is 2.40. The van der Waals surface area contributed by atoms with Crippen LogP contribution in [-0.2, 0) is 23.9 Å². The van der Waals surface area contributed by atoms with Crippen molar-refractivity contribution >= 4 is 24.0 Å². The van der Waals surface area contributed by atoms with Gasteiger partial charge in [0, 0.05) is 12.6 Å². The molecule has 0 aromatic heterocycles. The summed E-state index contributed by atoms with van der Waals surface area (Å²) in [5.74, 6) is -4.10. The fourth-order valence-electron chi connectivity index (χ4n) is 1.75. The lowest BCUT2D eigenvalue weighted by atomic mass is 10.2. The van der Waals surface area contributed by atoms with Gasteiger partial charge in [-0.25, -0.2) is 19.2 Å². The summed E-state index contributed by atoms with van der Waals surface area (Å²) in [7, 11) is 1.29. The summed E-state index contributed by atoms with van der Waals surface area (Å²) in [4.78, 5) is 42.9. The summed E-state index contributed by atoms with van der Waals surface area (Å²) in [6, 6.07) is -0.850. The van der Waals surface area contributed by atoms with Gasteiger partial charge in [-0.1, -0.05) is 0 Å². The molecule has 10 heteroatoms. The Kier molecular flexibility index (Phi) is 7.47. The maximum atomic E-state index is 11.9. The second kappa shape index (κ2) is 8.32. The first-order chi connectivity index (χ1) is 10.4. The number of hydrogen-bond donors (Lipinski definition) is 3. The van der Waals surface area contributed by atoms with E-state index in [9.17, 15) is 9.59 Å². The number of nitrogens with two attached hydrogens (primary N) is 1. The lowest BCUT2D eigenvalue weighted by Crippen LogP contribution is -2.44. The van der Waals surface area contributed by atoms with Crippen molar-refractivity contribution in [3.63, 3.8) is 0 Å². The second-order valence-electron chi connectivity index (χ2n) is 5.78. The van der Waals surface area contributed by atoms with E-state index < -0.39 is 35.6 Å². The van der Waals surface area contributed by atoms with E-state index in [1.165, 1.54) is 12.0 Å². The van der Waals surface area contributed by atoms with E-state index in [0.717, 1.165) is 0 Å². The number of rotatable bonds is 1. The molecule has 1 rings (SSSR count). The van der Waals surface area contributed by atoms with Crippen molar-refractivity contribution in [1.82, 2.24) is 4.90 Å². The van der Waals surface area contributed by atoms with Crippen LogP contribution in [-0.4, -0.2) is 70.5 Å². The first-order valence-corrected chi connectivity index (χ1v) is 6.68. The molecule has 0 aromatic carbocycles. The van der Waals surface area contributed by atoms with E-state index in [2.05, 4.69) is 4.74 Å². The Labute approximate surface area is 133 Å². The minimum absolute atomic E-state index is 0.216. The Bertz CT molecular complexity index is 459. The largest absolute Gasteiger partial charge is 0.473 e. The van der Waals surface area contributed by atoms with Crippen molar-refractivity contribution in [3.8, 4) is 0 Å². The predicted molar refractivity (Wildman–Crippen MR) is 76.6 cm³/mol. The maximum Gasteiger partial charge on any atom is 0.414 e. The highest BCUT2D eigenvalue weighted by atomic mass is 16.6. The van der Waals surface area contributed by atoms with Crippen LogP contribution in [0.15, 0.2) is 0 Å². The molecule has 1 fully saturated rings. The van der Waals surface area contributed by atoms with E-state index in [4.69, 9.17) is 30.3 Å². The Morgan fingerprint density at radius 3 is 1.96 bits per heavy atom. The number of carbonyl (C=O) groups is 4. The van der Waals surface area contributed by atoms with Crippen LogP contribution in [0.3, 0.4) is 0 Å². The van der Waals surface area contributed by atoms with Gasteiger partial charge in [-0.15, -0.1) is 0 Å². The molecule has 0 bridgehead atoms. The normalized spacial score (nSPS) is 20.1. The zero-order valence-corrected chi connectivity index (χ0v) is 13.4. The Balaban J connectivity index is 0.000000688. The molecule has 0 unspecified atom stereocenters. The van der Waals surface area contributed by atoms with Crippen molar-refractivity contribution in [2.75, 3.05) is 13.7 Å². The average molecular weight is 334 g/mol. The van der Waals surface area contributed by atoms with Gasteiger partial charge in [0.05, 0.1) is 7.11 Å². The number of aliphatic carboxylic acids is 2. The molecule has 1 saturated heterocycles. The van der Waals surface area contributed by atoms with Gasteiger partial charge < -0.3 is 25.4 Å². The quantitative estimate of drug-likeness (QED) is 0.430. The lowest BCUT2D eigenvalue weighted by molar-refractivity contribution is -0.159. The molecular weight excluding hydrogens is 312 g/mol. The van der Waals surface area contributed by atoms with Gasteiger partial charge in [0.1, 0.15) is 11.6 Å². The van der Waals surface area contributed by atoms with Gasteiger partial charge >= 0.3 is 24.0 Å². The van der Waals surface area contributed by atoms with E-state index in [-0.39, 0.29) is 6.04 Å².